The van der Waals surface area contributed by atoms with Gasteiger partial charge in [-0.1, -0.05) is 19.1 Å². The molecular weight excluding hydrogens is 257 g/mol. The molecule has 0 unspecified atom stereocenters. The fourth-order valence-corrected chi connectivity index (χ4v) is 2.56. The second kappa shape index (κ2) is 6.70. The first kappa shape index (κ1) is 14.8. The van der Waals surface area contributed by atoms with Crippen molar-refractivity contribution in [2.45, 2.75) is 20.4 Å². The number of benzene rings is 1. The first-order chi connectivity index (χ1) is 9.63. The molecular formula is C15H22FN3O. The number of nitrogens with zero attached hydrogens (tertiary/aromatic N) is 2. The van der Waals surface area contributed by atoms with Crippen molar-refractivity contribution in [3.8, 4) is 0 Å². The summed E-state index contributed by atoms with van der Waals surface area (Å²) in [6.07, 6.45) is 0. The average Bonchev–Trinajstić information content (AvgIpc) is 2.45. The molecule has 20 heavy (non-hydrogen) atoms. The van der Waals surface area contributed by atoms with Crippen molar-refractivity contribution in [2.24, 2.45) is 0 Å². The van der Waals surface area contributed by atoms with E-state index < -0.39 is 0 Å². The van der Waals surface area contributed by atoms with Crippen LogP contribution in [0.4, 0.5) is 10.1 Å². The summed E-state index contributed by atoms with van der Waals surface area (Å²) < 4.78 is 14.2. The van der Waals surface area contributed by atoms with Gasteiger partial charge in [-0.05, 0) is 18.2 Å². The number of nitrogens with one attached hydrogen (secondary N) is 1. The van der Waals surface area contributed by atoms with Gasteiger partial charge in [-0.2, -0.15) is 0 Å². The monoisotopic (exact) mass is 279 g/mol. The molecule has 110 valence electrons. The van der Waals surface area contributed by atoms with E-state index in [1.165, 1.54) is 6.07 Å². The van der Waals surface area contributed by atoms with E-state index in [9.17, 15) is 9.18 Å². The Morgan fingerprint density at radius 2 is 2.00 bits per heavy atom. The minimum absolute atomic E-state index is 0.0889. The number of piperazine rings is 1. The lowest BCUT2D eigenvalue weighted by Crippen LogP contribution is -2.48. The Balaban J connectivity index is 2.14. The third-order valence-corrected chi connectivity index (χ3v) is 3.68. The zero-order valence-electron chi connectivity index (χ0n) is 12.2. The third kappa shape index (κ3) is 3.28. The van der Waals surface area contributed by atoms with Gasteiger partial charge in [0.1, 0.15) is 5.82 Å². The van der Waals surface area contributed by atoms with E-state index in [1.54, 1.807) is 17.9 Å². The highest BCUT2D eigenvalue weighted by atomic mass is 19.1. The SMILES string of the molecule is CCNCc1cccc(F)c1N1CCN(C(C)=O)CC1. The van der Waals surface area contributed by atoms with Crippen LogP contribution < -0.4 is 10.2 Å². The van der Waals surface area contributed by atoms with Gasteiger partial charge in [-0.15, -0.1) is 0 Å². The number of anilines is 1. The van der Waals surface area contributed by atoms with Crippen molar-refractivity contribution in [2.75, 3.05) is 37.6 Å². The van der Waals surface area contributed by atoms with Crippen LogP contribution >= 0.6 is 0 Å². The van der Waals surface area contributed by atoms with Crippen molar-refractivity contribution in [3.05, 3.63) is 29.6 Å². The Hall–Kier alpha value is -1.62. The molecule has 1 aliphatic heterocycles. The standard InChI is InChI=1S/C15H22FN3O/c1-3-17-11-13-5-4-6-14(16)15(13)19-9-7-18(8-10-19)12(2)20/h4-6,17H,3,7-11H2,1-2H3. The summed E-state index contributed by atoms with van der Waals surface area (Å²) in [6.45, 7) is 7.80. The number of carbonyl (C=O) groups excluding carboxylic acids is 1. The van der Waals surface area contributed by atoms with Crippen molar-refractivity contribution in [1.29, 1.82) is 0 Å². The van der Waals surface area contributed by atoms with Crippen molar-refractivity contribution in [1.82, 2.24) is 10.2 Å². The first-order valence-electron chi connectivity index (χ1n) is 7.12. The molecule has 1 amide bonds. The summed E-state index contributed by atoms with van der Waals surface area (Å²) >= 11 is 0. The maximum absolute atomic E-state index is 14.2. The molecule has 0 atom stereocenters. The molecule has 1 heterocycles. The zero-order valence-corrected chi connectivity index (χ0v) is 12.2. The van der Waals surface area contributed by atoms with Gasteiger partial charge in [0.15, 0.2) is 0 Å². The molecule has 0 aliphatic carbocycles. The molecule has 1 aromatic rings. The van der Waals surface area contributed by atoms with E-state index in [2.05, 4.69) is 5.32 Å². The van der Waals surface area contributed by atoms with Crippen LogP contribution in [0.25, 0.3) is 0 Å². The van der Waals surface area contributed by atoms with Crippen LogP contribution in [0, 0.1) is 5.82 Å². The Labute approximate surface area is 119 Å². The van der Waals surface area contributed by atoms with E-state index in [-0.39, 0.29) is 11.7 Å². The topological polar surface area (TPSA) is 35.6 Å². The second-order valence-corrected chi connectivity index (χ2v) is 5.02. The van der Waals surface area contributed by atoms with Gasteiger partial charge in [0.2, 0.25) is 5.91 Å². The lowest BCUT2D eigenvalue weighted by Gasteiger charge is -2.36. The molecule has 0 radical (unpaired) electrons. The van der Waals surface area contributed by atoms with E-state index in [0.717, 1.165) is 12.1 Å². The Kier molecular flexibility index (Phi) is 4.95. The summed E-state index contributed by atoms with van der Waals surface area (Å²) in [5.74, 6) is -0.0947. The predicted octanol–water partition coefficient (Wildman–Crippen LogP) is 1.60. The summed E-state index contributed by atoms with van der Waals surface area (Å²) in [4.78, 5) is 15.2. The number of hydrogen-bond donors (Lipinski definition) is 1. The molecule has 1 aromatic carbocycles. The lowest BCUT2D eigenvalue weighted by atomic mass is 10.1. The van der Waals surface area contributed by atoms with Crippen LogP contribution in [0.5, 0.6) is 0 Å². The molecule has 0 bridgehead atoms. The molecule has 1 N–H and O–H groups in total. The highest BCUT2D eigenvalue weighted by Crippen LogP contribution is 2.25. The van der Waals surface area contributed by atoms with Gasteiger partial charge < -0.3 is 15.1 Å². The van der Waals surface area contributed by atoms with Crippen molar-refractivity contribution >= 4 is 11.6 Å². The zero-order chi connectivity index (χ0) is 14.5. The van der Waals surface area contributed by atoms with Crippen LogP contribution in [0.3, 0.4) is 0 Å². The third-order valence-electron chi connectivity index (χ3n) is 3.68. The van der Waals surface area contributed by atoms with Crippen LogP contribution in [0.15, 0.2) is 18.2 Å². The Bertz CT molecular complexity index is 470. The van der Waals surface area contributed by atoms with Gasteiger partial charge in [-0.25, -0.2) is 4.39 Å². The van der Waals surface area contributed by atoms with Crippen molar-refractivity contribution in [3.63, 3.8) is 0 Å². The van der Waals surface area contributed by atoms with Crippen molar-refractivity contribution < 1.29 is 9.18 Å². The lowest BCUT2D eigenvalue weighted by molar-refractivity contribution is -0.129. The molecule has 1 saturated heterocycles. The fourth-order valence-electron chi connectivity index (χ4n) is 2.56. The highest BCUT2D eigenvalue weighted by molar-refractivity contribution is 5.73. The van der Waals surface area contributed by atoms with Crippen LogP contribution in [-0.4, -0.2) is 43.5 Å². The van der Waals surface area contributed by atoms with Crippen LogP contribution in [0.1, 0.15) is 19.4 Å². The predicted molar refractivity (Wildman–Crippen MR) is 78.2 cm³/mol. The summed E-state index contributed by atoms with van der Waals surface area (Å²) in [5.41, 5.74) is 1.65. The smallest absolute Gasteiger partial charge is 0.219 e. The first-order valence-corrected chi connectivity index (χ1v) is 7.12. The number of hydrogen-bond acceptors (Lipinski definition) is 3. The largest absolute Gasteiger partial charge is 0.365 e. The molecule has 0 saturated carbocycles. The Morgan fingerprint density at radius 3 is 2.60 bits per heavy atom. The van der Waals surface area contributed by atoms with Gasteiger partial charge >= 0.3 is 0 Å². The fraction of sp³-hybridized carbons (Fsp3) is 0.533. The number of amides is 1. The average molecular weight is 279 g/mol. The quantitative estimate of drug-likeness (QED) is 0.909. The van der Waals surface area contributed by atoms with Gasteiger partial charge in [0, 0.05) is 39.6 Å². The number of carbonyl (C=O) groups is 1. The van der Waals surface area contributed by atoms with Gasteiger partial charge in [0.25, 0.3) is 0 Å². The number of para-hydroxylation sites is 1. The van der Waals surface area contributed by atoms with E-state index in [4.69, 9.17) is 0 Å². The highest BCUT2D eigenvalue weighted by Gasteiger charge is 2.22. The minimum atomic E-state index is -0.184. The van der Waals surface area contributed by atoms with Crippen LogP contribution in [0.2, 0.25) is 0 Å². The second-order valence-electron chi connectivity index (χ2n) is 5.02. The van der Waals surface area contributed by atoms with Crippen LogP contribution in [-0.2, 0) is 11.3 Å². The summed E-state index contributed by atoms with van der Waals surface area (Å²) in [7, 11) is 0. The summed E-state index contributed by atoms with van der Waals surface area (Å²) in [6, 6.07) is 5.21. The molecule has 1 aliphatic rings. The molecule has 4 nitrogen and oxygen atoms in total. The van der Waals surface area contributed by atoms with Gasteiger partial charge in [0.05, 0.1) is 5.69 Å². The summed E-state index contributed by atoms with van der Waals surface area (Å²) in [5, 5.41) is 3.24. The van der Waals surface area contributed by atoms with E-state index in [0.29, 0.717) is 38.4 Å². The Morgan fingerprint density at radius 1 is 1.30 bits per heavy atom. The normalized spacial score (nSPS) is 15.6. The molecule has 0 aromatic heterocycles. The minimum Gasteiger partial charge on any atom is -0.365 e. The molecule has 0 spiro atoms. The molecule has 1 fully saturated rings. The van der Waals surface area contributed by atoms with E-state index >= 15 is 0 Å². The van der Waals surface area contributed by atoms with E-state index in [1.807, 2.05) is 17.9 Å². The number of rotatable bonds is 4. The van der Waals surface area contributed by atoms with Gasteiger partial charge in [-0.3, -0.25) is 4.79 Å². The molecule has 5 heteroatoms. The molecule has 2 rings (SSSR count). The number of halogens is 1. The maximum atomic E-state index is 14.2. The maximum Gasteiger partial charge on any atom is 0.219 e.